The van der Waals surface area contributed by atoms with Crippen molar-refractivity contribution in [2.75, 3.05) is 0 Å². The molecule has 0 radical (unpaired) electrons. The van der Waals surface area contributed by atoms with Gasteiger partial charge in [-0.05, 0) is 25.2 Å². The van der Waals surface area contributed by atoms with Crippen LogP contribution in [0.5, 0.6) is 11.5 Å². The lowest BCUT2D eigenvalue weighted by Crippen LogP contribution is -2.30. The van der Waals surface area contributed by atoms with Gasteiger partial charge in [-0.3, -0.25) is 0 Å². The summed E-state index contributed by atoms with van der Waals surface area (Å²) in [6.07, 6.45) is 2.67. The Morgan fingerprint density at radius 1 is 0.750 bits per heavy atom. The van der Waals surface area contributed by atoms with Crippen molar-refractivity contribution in [2.24, 2.45) is 5.92 Å². The average molecular weight is 599 g/mol. The molecule has 40 heavy (non-hydrogen) atoms. The molecule has 0 fully saturated rings. The number of halogens is 9. The summed E-state index contributed by atoms with van der Waals surface area (Å²) in [5.41, 5.74) is -2.31. The molecule has 0 spiro atoms. The molecule has 11 heteroatoms. The summed E-state index contributed by atoms with van der Waals surface area (Å²) in [6.45, 7) is 2.16. The van der Waals surface area contributed by atoms with Crippen LogP contribution in [0.3, 0.4) is 0 Å². The number of ether oxygens (including phenoxy) is 2. The van der Waals surface area contributed by atoms with Crippen LogP contribution < -0.4 is 9.47 Å². The Labute approximate surface area is 233 Å². The number of unbranched alkanes of at least 4 members (excludes halogenated alkanes) is 6. The number of allylic oxidation sites excluding steroid dienone is 1. The maximum absolute atomic E-state index is 14.8. The maximum Gasteiger partial charge on any atom is 0.432 e. The largest absolute Gasteiger partial charge is 0.432 e. The van der Waals surface area contributed by atoms with Gasteiger partial charge in [-0.2, -0.15) is 17.6 Å². The number of hydrogen-bond acceptors (Lipinski definition) is 2. The van der Waals surface area contributed by atoms with Gasteiger partial charge in [0.25, 0.3) is 0 Å². The molecule has 0 bridgehead atoms. The summed E-state index contributed by atoms with van der Waals surface area (Å²) >= 11 is 5.27. The minimum atomic E-state index is -4.77. The minimum absolute atomic E-state index is 0.0251. The van der Waals surface area contributed by atoms with Crippen LogP contribution in [0.25, 0.3) is 0 Å². The molecule has 0 heterocycles. The molecule has 0 amide bonds. The van der Waals surface area contributed by atoms with Gasteiger partial charge in [0.05, 0.1) is 0 Å². The van der Waals surface area contributed by atoms with E-state index in [0.717, 1.165) is 25.7 Å². The molecule has 0 saturated heterocycles. The van der Waals surface area contributed by atoms with E-state index in [2.05, 4.69) is 16.4 Å². The Hall–Kier alpha value is -2.49. The smallest absolute Gasteiger partial charge is 0.429 e. The van der Waals surface area contributed by atoms with Crippen LogP contribution in [-0.2, 0) is 6.11 Å². The van der Waals surface area contributed by atoms with E-state index < -0.39 is 57.6 Å². The van der Waals surface area contributed by atoms with Crippen molar-refractivity contribution in [3.05, 3.63) is 69.8 Å². The Morgan fingerprint density at radius 3 is 1.77 bits per heavy atom. The first-order chi connectivity index (χ1) is 18.8. The Morgan fingerprint density at radius 2 is 1.25 bits per heavy atom. The Kier molecular flexibility index (Phi) is 11.1. The summed E-state index contributed by atoms with van der Waals surface area (Å²) in [5.74, 6) is -8.68. The van der Waals surface area contributed by atoms with E-state index in [1.165, 1.54) is 31.8 Å². The van der Waals surface area contributed by atoms with E-state index in [1.807, 2.05) is 0 Å². The van der Waals surface area contributed by atoms with Crippen molar-refractivity contribution < 1.29 is 44.6 Å². The summed E-state index contributed by atoms with van der Waals surface area (Å²) in [4.78, 5) is 0. The number of benzene rings is 2. The van der Waals surface area contributed by atoms with Gasteiger partial charge in [0, 0.05) is 29.8 Å². The van der Waals surface area contributed by atoms with Crippen LogP contribution in [0.15, 0.2) is 35.9 Å². The summed E-state index contributed by atoms with van der Waals surface area (Å²) in [6, 6.07) is 0.924. The van der Waals surface area contributed by atoms with E-state index >= 15 is 0 Å². The van der Waals surface area contributed by atoms with E-state index in [1.54, 1.807) is 0 Å². The van der Waals surface area contributed by atoms with Crippen molar-refractivity contribution in [2.45, 2.75) is 89.8 Å². The highest BCUT2D eigenvalue weighted by Gasteiger charge is 2.43. The molecular weight excluding hydrogens is 568 g/mol. The van der Waals surface area contributed by atoms with Gasteiger partial charge in [-0.15, -0.1) is 0 Å². The van der Waals surface area contributed by atoms with Crippen LogP contribution in [0, 0.1) is 29.2 Å². The zero-order valence-electron chi connectivity index (χ0n) is 22.0. The second-order valence-corrected chi connectivity index (χ2v) is 10.4. The zero-order valence-corrected chi connectivity index (χ0v) is 22.7. The molecule has 0 aliphatic heterocycles. The molecule has 1 aliphatic rings. The summed E-state index contributed by atoms with van der Waals surface area (Å²) in [7, 11) is 0. The van der Waals surface area contributed by atoms with Crippen molar-refractivity contribution in [1.82, 2.24) is 0 Å². The van der Waals surface area contributed by atoms with Gasteiger partial charge < -0.3 is 9.47 Å². The molecule has 2 aromatic carbocycles. The predicted molar refractivity (Wildman–Crippen MR) is 136 cm³/mol. The molecule has 2 aromatic rings. The van der Waals surface area contributed by atoms with Crippen molar-refractivity contribution in [3.63, 3.8) is 0 Å². The van der Waals surface area contributed by atoms with Crippen LogP contribution in [0.2, 0.25) is 5.02 Å². The fraction of sp³-hybridized carbons (Fsp3) is 0.517. The highest BCUT2D eigenvalue weighted by molar-refractivity contribution is 6.30. The third-order valence-corrected chi connectivity index (χ3v) is 7.23. The SMILES string of the molecule is CCCCCCCCCC1CC=C(C(F)(F)Oc2cc(F)c(C(F)(F)Oc3cc(F)c(Cl)c(F)c3)c(F)c2)CC1. The lowest BCUT2D eigenvalue weighted by atomic mass is 9.85. The van der Waals surface area contributed by atoms with Gasteiger partial charge in [0.2, 0.25) is 0 Å². The third kappa shape index (κ3) is 8.51. The number of hydrogen-bond donors (Lipinski definition) is 0. The molecule has 222 valence electrons. The molecule has 2 nitrogen and oxygen atoms in total. The molecular formula is C29H31ClF8O2. The van der Waals surface area contributed by atoms with Gasteiger partial charge in [0.15, 0.2) is 0 Å². The Bertz CT molecular complexity index is 1140. The monoisotopic (exact) mass is 598 g/mol. The summed E-state index contributed by atoms with van der Waals surface area (Å²) < 4.78 is 123. The lowest BCUT2D eigenvalue weighted by molar-refractivity contribution is -0.189. The average Bonchev–Trinajstić information content (AvgIpc) is 2.86. The fourth-order valence-electron chi connectivity index (χ4n) is 4.70. The van der Waals surface area contributed by atoms with Crippen LogP contribution >= 0.6 is 11.6 Å². The second-order valence-electron chi connectivity index (χ2n) is 9.98. The van der Waals surface area contributed by atoms with Gasteiger partial charge in [-0.25, -0.2) is 17.6 Å². The van der Waals surface area contributed by atoms with Gasteiger partial charge >= 0.3 is 12.2 Å². The number of rotatable bonds is 14. The van der Waals surface area contributed by atoms with Crippen LogP contribution in [0.1, 0.15) is 83.1 Å². The van der Waals surface area contributed by atoms with Crippen molar-refractivity contribution >= 4 is 11.6 Å². The standard InChI is InChI=1S/C29H31ClF8O2/c1-2-3-4-5-6-7-8-9-18-10-12-19(13-11-18)28(35,36)39-20-14-22(31)26(23(32)15-20)29(37,38)40-21-16-24(33)27(30)25(34)17-21/h12,14-18H,2-11,13H2,1H3. The van der Waals surface area contributed by atoms with E-state index in [4.69, 9.17) is 11.6 Å². The minimum Gasteiger partial charge on any atom is -0.429 e. The lowest BCUT2D eigenvalue weighted by Gasteiger charge is -2.27. The quantitative estimate of drug-likeness (QED) is 0.0932. The normalized spacial score (nSPS) is 16.1. The van der Waals surface area contributed by atoms with Crippen LogP contribution in [-0.4, -0.2) is 6.11 Å². The van der Waals surface area contributed by atoms with Crippen LogP contribution in [0.4, 0.5) is 35.1 Å². The van der Waals surface area contributed by atoms with Crippen molar-refractivity contribution in [1.29, 1.82) is 0 Å². The molecule has 1 atom stereocenters. The molecule has 1 aliphatic carbocycles. The second kappa shape index (κ2) is 13.9. The Balaban J connectivity index is 1.62. The molecule has 0 saturated carbocycles. The molecule has 1 unspecified atom stereocenters. The van der Waals surface area contributed by atoms with E-state index in [-0.39, 0.29) is 30.0 Å². The first-order valence-electron chi connectivity index (χ1n) is 13.3. The predicted octanol–water partition coefficient (Wildman–Crippen LogP) is 10.9. The maximum atomic E-state index is 14.8. The highest BCUT2D eigenvalue weighted by Crippen LogP contribution is 2.41. The highest BCUT2D eigenvalue weighted by atomic mass is 35.5. The van der Waals surface area contributed by atoms with E-state index in [0.29, 0.717) is 25.0 Å². The zero-order chi connectivity index (χ0) is 29.5. The molecule has 3 rings (SSSR count). The van der Waals surface area contributed by atoms with Crippen molar-refractivity contribution in [3.8, 4) is 11.5 Å². The van der Waals surface area contributed by atoms with Gasteiger partial charge in [0.1, 0.15) is 45.4 Å². The first kappa shape index (κ1) is 32.0. The molecule has 0 aromatic heterocycles. The van der Waals surface area contributed by atoms with E-state index in [9.17, 15) is 35.1 Å². The fourth-order valence-corrected chi connectivity index (χ4v) is 4.80. The third-order valence-electron chi connectivity index (χ3n) is 6.87. The summed E-state index contributed by atoms with van der Waals surface area (Å²) in [5, 5.41) is -0.993. The topological polar surface area (TPSA) is 18.5 Å². The van der Waals surface area contributed by atoms with Gasteiger partial charge in [-0.1, -0.05) is 76.0 Å². The first-order valence-corrected chi connectivity index (χ1v) is 13.7. The number of alkyl halides is 4. The molecule has 0 N–H and O–H groups in total.